The predicted octanol–water partition coefficient (Wildman–Crippen LogP) is 4.11. The van der Waals surface area contributed by atoms with Gasteiger partial charge in [-0.05, 0) is 25.1 Å². The first-order valence-electron chi connectivity index (χ1n) is 5.47. The van der Waals surface area contributed by atoms with E-state index in [-0.39, 0.29) is 0 Å². The summed E-state index contributed by atoms with van der Waals surface area (Å²) in [6.07, 6.45) is 1.67. The molecule has 0 saturated heterocycles. The summed E-state index contributed by atoms with van der Waals surface area (Å²) in [5.74, 6) is 0.893. The van der Waals surface area contributed by atoms with Crippen LogP contribution < -0.4 is 10.6 Å². The number of hydrogen-bond donors (Lipinski definition) is 1. The fourth-order valence-corrected chi connectivity index (χ4v) is 2.65. The minimum Gasteiger partial charge on any atom is -0.469 e. The monoisotopic (exact) mass is 284 g/mol. The van der Waals surface area contributed by atoms with E-state index in [1.807, 2.05) is 24.9 Å². The highest BCUT2D eigenvalue weighted by Gasteiger charge is 2.13. The van der Waals surface area contributed by atoms with Crippen molar-refractivity contribution in [3.8, 4) is 0 Å². The molecule has 0 spiro atoms. The van der Waals surface area contributed by atoms with Crippen LogP contribution in [-0.2, 0) is 6.54 Å². The number of hydrogen-bond acceptors (Lipinski definition) is 3. The molecule has 0 saturated carbocycles. The van der Waals surface area contributed by atoms with Crippen LogP contribution in [-0.4, -0.2) is 7.05 Å². The molecule has 0 atom stereocenters. The molecule has 0 amide bonds. The van der Waals surface area contributed by atoms with Crippen LogP contribution in [0.2, 0.25) is 10.0 Å². The van der Waals surface area contributed by atoms with Gasteiger partial charge in [-0.25, -0.2) is 0 Å². The van der Waals surface area contributed by atoms with Gasteiger partial charge in [-0.3, -0.25) is 0 Å². The van der Waals surface area contributed by atoms with Gasteiger partial charge in [-0.1, -0.05) is 23.2 Å². The molecular weight excluding hydrogens is 271 g/mol. The Labute approximate surface area is 116 Å². The Balaban J connectivity index is 2.29. The zero-order chi connectivity index (χ0) is 13.3. The zero-order valence-electron chi connectivity index (χ0n) is 10.2. The summed E-state index contributed by atoms with van der Waals surface area (Å²) < 4.78 is 5.27. The van der Waals surface area contributed by atoms with E-state index in [9.17, 15) is 0 Å². The van der Waals surface area contributed by atoms with Crippen LogP contribution in [0.4, 0.5) is 11.4 Å². The fourth-order valence-electron chi connectivity index (χ4n) is 1.86. The van der Waals surface area contributed by atoms with Crippen LogP contribution in [0.1, 0.15) is 11.3 Å². The van der Waals surface area contributed by atoms with E-state index >= 15 is 0 Å². The maximum absolute atomic E-state index is 6.18. The first-order chi connectivity index (χ1) is 8.49. The highest BCUT2D eigenvalue weighted by molar-refractivity contribution is 6.39. The van der Waals surface area contributed by atoms with Gasteiger partial charge in [0, 0.05) is 24.8 Å². The lowest BCUT2D eigenvalue weighted by molar-refractivity contribution is 0.529. The van der Waals surface area contributed by atoms with Crippen molar-refractivity contribution in [3.63, 3.8) is 0 Å². The summed E-state index contributed by atoms with van der Waals surface area (Å²) in [4.78, 5) is 1.97. The topological polar surface area (TPSA) is 42.4 Å². The number of rotatable bonds is 3. The van der Waals surface area contributed by atoms with Gasteiger partial charge in [0.2, 0.25) is 0 Å². The Kier molecular flexibility index (Phi) is 3.73. The number of nitrogen functional groups attached to an aromatic ring is 1. The van der Waals surface area contributed by atoms with Gasteiger partial charge < -0.3 is 15.1 Å². The van der Waals surface area contributed by atoms with Crippen molar-refractivity contribution in [1.82, 2.24) is 0 Å². The minimum atomic E-state index is 0.545. The molecular formula is C13H14Cl2N2O. The predicted molar refractivity (Wildman–Crippen MR) is 76.4 cm³/mol. The smallest absolute Gasteiger partial charge is 0.105 e. The van der Waals surface area contributed by atoms with Crippen LogP contribution in [0.5, 0.6) is 0 Å². The second-order valence-electron chi connectivity index (χ2n) is 4.19. The average Bonchev–Trinajstić information content (AvgIpc) is 2.62. The Morgan fingerprint density at radius 3 is 2.39 bits per heavy atom. The van der Waals surface area contributed by atoms with Crippen LogP contribution in [0.3, 0.4) is 0 Å². The van der Waals surface area contributed by atoms with Crippen LogP contribution in [0, 0.1) is 6.92 Å². The lowest BCUT2D eigenvalue weighted by atomic mass is 10.2. The maximum Gasteiger partial charge on any atom is 0.105 e. The number of furan rings is 1. The second-order valence-corrected chi connectivity index (χ2v) is 5.01. The molecule has 1 aromatic carbocycles. The third-order valence-corrected chi connectivity index (χ3v) is 3.37. The molecule has 2 aromatic rings. The number of nitrogens with two attached hydrogens (primary N) is 1. The first-order valence-corrected chi connectivity index (χ1v) is 6.23. The van der Waals surface area contributed by atoms with Gasteiger partial charge >= 0.3 is 0 Å². The molecule has 0 fully saturated rings. The van der Waals surface area contributed by atoms with E-state index in [2.05, 4.69) is 0 Å². The van der Waals surface area contributed by atoms with Gasteiger partial charge in [-0.2, -0.15) is 0 Å². The van der Waals surface area contributed by atoms with Crippen LogP contribution in [0.15, 0.2) is 28.9 Å². The van der Waals surface area contributed by atoms with E-state index < -0.39 is 0 Å². The van der Waals surface area contributed by atoms with Crippen molar-refractivity contribution in [2.24, 2.45) is 0 Å². The van der Waals surface area contributed by atoms with Gasteiger partial charge in [0.25, 0.3) is 0 Å². The molecule has 18 heavy (non-hydrogen) atoms. The maximum atomic E-state index is 6.18. The van der Waals surface area contributed by atoms with Crippen molar-refractivity contribution in [2.75, 3.05) is 17.7 Å². The second kappa shape index (κ2) is 5.12. The fraction of sp³-hybridized carbons (Fsp3) is 0.231. The van der Waals surface area contributed by atoms with E-state index in [1.54, 1.807) is 18.4 Å². The van der Waals surface area contributed by atoms with Crippen molar-refractivity contribution in [2.45, 2.75) is 13.5 Å². The number of aryl methyl sites for hydroxylation is 1. The summed E-state index contributed by atoms with van der Waals surface area (Å²) in [5.41, 5.74) is 8.11. The number of nitrogens with zero attached hydrogens (tertiary/aromatic N) is 1. The van der Waals surface area contributed by atoms with E-state index in [0.717, 1.165) is 17.0 Å². The summed E-state index contributed by atoms with van der Waals surface area (Å²) in [5, 5.41) is 1.09. The van der Waals surface area contributed by atoms with E-state index in [4.69, 9.17) is 33.4 Å². The Morgan fingerprint density at radius 1 is 1.28 bits per heavy atom. The molecule has 2 N–H and O–H groups in total. The number of anilines is 2. The minimum absolute atomic E-state index is 0.545. The standard InChI is InChI=1S/C13H14Cl2N2O/c1-8-9(3-4-18-8)7-17(2)13-11(14)5-10(16)6-12(13)15/h3-6H,7,16H2,1-2H3. The SMILES string of the molecule is Cc1occc1CN(C)c1c(Cl)cc(N)cc1Cl. The molecule has 0 unspecified atom stereocenters. The van der Waals surface area contributed by atoms with Crippen molar-refractivity contribution >= 4 is 34.6 Å². The summed E-state index contributed by atoms with van der Waals surface area (Å²) in [7, 11) is 1.93. The van der Waals surface area contributed by atoms with Gasteiger partial charge in [0.15, 0.2) is 0 Å². The molecule has 3 nitrogen and oxygen atoms in total. The molecule has 2 rings (SSSR count). The van der Waals surface area contributed by atoms with Gasteiger partial charge in [0.1, 0.15) is 5.76 Å². The van der Waals surface area contributed by atoms with Crippen molar-refractivity contribution < 1.29 is 4.42 Å². The van der Waals surface area contributed by atoms with Gasteiger partial charge in [-0.15, -0.1) is 0 Å². The average molecular weight is 285 g/mol. The Morgan fingerprint density at radius 2 is 1.89 bits per heavy atom. The number of halogens is 2. The van der Waals surface area contributed by atoms with E-state index in [1.165, 1.54) is 0 Å². The normalized spacial score (nSPS) is 10.7. The lowest BCUT2D eigenvalue weighted by Gasteiger charge is -2.22. The highest BCUT2D eigenvalue weighted by atomic mass is 35.5. The quantitative estimate of drug-likeness (QED) is 0.863. The molecule has 0 aliphatic rings. The molecule has 0 aliphatic heterocycles. The first kappa shape index (κ1) is 13.1. The third-order valence-electron chi connectivity index (χ3n) is 2.79. The van der Waals surface area contributed by atoms with E-state index in [0.29, 0.717) is 22.3 Å². The molecule has 0 aliphatic carbocycles. The van der Waals surface area contributed by atoms with Crippen molar-refractivity contribution in [3.05, 3.63) is 45.8 Å². The third kappa shape index (κ3) is 2.57. The Bertz CT molecular complexity index is 543. The molecule has 96 valence electrons. The molecule has 0 bridgehead atoms. The summed E-state index contributed by atoms with van der Waals surface area (Å²) >= 11 is 12.4. The van der Waals surface area contributed by atoms with Crippen LogP contribution in [0.25, 0.3) is 0 Å². The molecule has 5 heteroatoms. The van der Waals surface area contributed by atoms with Crippen molar-refractivity contribution in [1.29, 1.82) is 0 Å². The van der Waals surface area contributed by atoms with Crippen LogP contribution >= 0.6 is 23.2 Å². The molecule has 0 radical (unpaired) electrons. The lowest BCUT2D eigenvalue weighted by Crippen LogP contribution is -2.17. The zero-order valence-corrected chi connectivity index (χ0v) is 11.7. The molecule has 1 aromatic heterocycles. The Hall–Kier alpha value is -1.32. The highest BCUT2D eigenvalue weighted by Crippen LogP contribution is 2.36. The largest absolute Gasteiger partial charge is 0.469 e. The summed E-state index contributed by atoms with van der Waals surface area (Å²) in [6.45, 7) is 2.60. The molecule has 1 heterocycles. The number of benzene rings is 1. The van der Waals surface area contributed by atoms with Gasteiger partial charge in [0.05, 0.1) is 22.0 Å². The summed E-state index contributed by atoms with van der Waals surface area (Å²) in [6, 6.07) is 5.33.